The van der Waals surface area contributed by atoms with Gasteiger partial charge >= 0.3 is 0 Å². The minimum Gasteiger partial charge on any atom is -0.379 e. The molecule has 240 valence electrons. The summed E-state index contributed by atoms with van der Waals surface area (Å²) in [5, 5.41) is 14.6. The number of ether oxygens (including phenoxy) is 1. The average Bonchev–Trinajstić information content (AvgIpc) is 3.60. The smallest absolute Gasteiger partial charge is 0.270 e. The molecule has 0 aromatic carbocycles. The third-order valence-electron chi connectivity index (χ3n) is 8.47. The van der Waals surface area contributed by atoms with Gasteiger partial charge in [0.25, 0.3) is 5.91 Å². The van der Waals surface area contributed by atoms with Crippen molar-refractivity contribution in [3.8, 4) is 0 Å². The monoisotopic (exact) mass is 621 g/mol. The van der Waals surface area contributed by atoms with Gasteiger partial charge in [-0.05, 0) is 57.6 Å². The Hall–Kier alpha value is -3.55. The van der Waals surface area contributed by atoms with Gasteiger partial charge in [-0.25, -0.2) is 27.1 Å². The molecule has 14 heteroatoms. The Morgan fingerprint density at radius 3 is 2.48 bits per heavy atom. The first kappa shape index (κ1) is 31.9. The number of carbonyl (C=O) groups excluding carboxylic acids is 2. The van der Waals surface area contributed by atoms with Gasteiger partial charge < -0.3 is 15.4 Å². The molecule has 3 aromatic heterocycles. The number of halogens is 4. The van der Waals surface area contributed by atoms with Crippen molar-refractivity contribution in [1.82, 2.24) is 35.0 Å². The van der Waals surface area contributed by atoms with Crippen LogP contribution in [0.5, 0.6) is 0 Å². The van der Waals surface area contributed by atoms with Crippen molar-refractivity contribution in [2.75, 3.05) is 13.2 Å². The van der Waals surface area contributed by atoms with Crippen LogP contribution in [-0.4, -0.2) is 61.3 Å². The fourth-order valence-corrected chi connectivity index (χ4v) is 6.10. The van der Waals surface area contributed by atoms with Crippen LogP contribution in [0.25, 0.3) is 5.65 Å². The summed E-state index contributed by atoms with van der Waals surface area (Å²) in [7, 11) is 0. The van der Waals surface area contributed by atoms with Crippen molar-refractivity contribution in [1.29, 1.82) is 0 Å². The number of rotatable bonds is 12. The van der Waals surface area contributed by atoms with E-state index in [1.807, 2.05) is 20.8 Å². The standard InChI is InChI=1S/C30H39F4N7O3/c1-4-44-17-23(38-26(42)11-19-13-30(33,34)14-19)21-12-25-37-22(16-40(25)36-15-21)27(20-5-8-29(31,32)9-6-20)39-28(43)24-7-10-35-41(24)18(2)3/h7,10,12,15-16,18-20,23,27H,4-6,8-9,11,13-14,17H2,1-3H3,(H,38,42)(H,39,43)/t23-,27-/m0/s1. The highest BCUT2D eigenvalue weighted by Gasteiger charge is 2.46. The number of nitrogens with one attached hydrogen (secondary N) is 2. The van der Waals surface area contributed by atoms with Crippen LogP contribution in [0.2, 0.25) is 0 Å². The molecular formula is C30H39F4N7O3. The molecule has 2 N–H and O–H groups in total. The molecule has 2 atom stereocenters. The quantitative estimate of drug-likeness (QED) is 0.261. The van der Waals surface area contributed by atoms with Gasteiger partial charge in [0.15, 0.2) is 5.65 Å². The molecule has 5 rings (SSSR count). The predicted octanol–water partition coefficient (Wildman–Crippen LogP) is 5.43. The van der Waals surface area contributed by atoms with Crippen LogP contribution >= 0.6 is 0 Å². The molecule has 10 nitrogen and oxygen atoms in total. The second-order valence-electron chi connectivity index (χ2n) is 12.3. The number of imidazole rings is 1. The molecule has 2 amide bonds. The highest BCUT2D eigenvalue weighted by atomic mass is 19.3. The largest absolute Gasteiger partial charge is 0.379 e. The summed E-state index contributed by atoms with van der Waals surface area (Å²) in [4.78, 5) is 30.9. The Labute approximate surface area is 252 Å². The highest BCUT2D eigenvalue weighted by Crippen LogP contribution is 2.44. The summed E-state index contributed by atoms with van der Waals surface area (Å²) < 4.78 is 63.3. The number of aromatic nitrogens is 5. The first-order valence-electron chi connectivity index (χ1n) is 15.2. The van der Waals surface area contributed by atoms with Gasteiger partial charge in [-0.3, -0.25) is 14.3 Å². The van der Waals surface area contributed by atoms with Crippen molar-refractivity contribution >= 4 is 17.5 Å². The zero-order valence-electron chi connectivity index (χ0n) is 25.1. The van der Waals surface area contributed by atoms with Gasteiger partial charge in [0.2, 0.25) is 17.8 Å². The molecule has 3 aromatic rings. The lowest BCUT2D eigenvalue weighted by atomic mass is 9.79. The summed E-state index contributed by atoms with van der Waals surface area (Å²) in [6, 6.07) is 2.05. The number of carbonyl (C=O) groups is 2. The van der Waals surface area contributed by atoms with Crippen LogP contribution in [0.1, 0.15) is 106 Å². The number of amides is 2. The van der Waals surface area contributed by atoms with E-state index in [0.717, 1.165) is 0 Å². The van der Waals surface area contributed by atoms with E-state index in [9.17, 15) is 27.2 Å². The van der Waals surface area contributed by atoms with Crippen molar-refractivity contribution < 1.29 is 31.9 Å². The minimum atomic E-state index is -2.74. The second kappa shape index (κ2) is 12.8. The molecule has 2 saturated carbocycles. The maximum absolute atomic E-state index is 14.1. The lowest BCUT2D eigenvalue weighted by Gasteiger charge is -2.34. The van der Waals surface area contributed by atoms with E-state index < -0.39 is 23.9 Å². The molecule has 3 heterocycles. The van der Waals surface area contributed by atoms with Gasteiger partial charge in [-0.1, -0.05) is 0 Å². The molecule has 2 aliphatic carbocycles. The molecule has 2 aliphatic rings. The Morgan fingerprint density at radius 2 is 1.82 bits per heavy atom. The second-order valence-corrected chi connectivity index (χ2v) is 12.3. The number of nitrogens with zero attached hydrogens (tertiary/aromatic N) is 5. The number of hydrogen-bond acceptors (Lipinski definition) is 6. The molecule has 0 aliphatic heterocycles. The summed E-state index contributed by atoms with van der Waals surface area (Å²) in [6.45, 7) is 6.18. The summed E-state index contributed by atoms with van der Waals surface area (Å²) >= 11 is 0. The molecule has 0 radical (unpaired) electrons. The fraction of sp³-hybridized carbons (Fsp3) is 0.633. The maximum atomic E-state index is 14.1. The molecule has 0 saturated heterocycles. The zero-order valence-corrected chi connectivity index (χ0v) is 25.1. The molecule has 0 spiro atoms. The molecule has 0 unspecified atom stereocenters. The SMILES string of the molecule is CCOC[C@H](NC(=O)CC1CC(F)(F)C1)c1cnn2cc([C@@H](NC(=O)c3ccnn3C(C)C)C3CCC(F)(F)CC3)nc2c1. The molecular weight excluding hydrogens is 582 g/mol. The Morgan fingerprint density at radius 1 is 1.09 bits per heavy atom. The predicted molar refractivity (Wildman–Crippen MR) is 152 cm³/mol. The average molecular weight is 622 g/mol. The Balaban J connectivity index is 1.38. The summed E-state index contributed by atoms with van der Waals surface area (Å²) in [6.07, 6.45) is 4.06. The van der Waals surface area contributed by atoms with Crippen LogP contribution in [0.4, 0.5) is 17.6 Å². The summed E-state index contributed by atoms with van der Waals surface area (Å²) in [5.74, 6) is -6.81. The summed E-state index contributed by atoms with van der Waals surface area (Å²) in [5.41, 5.74) is 1.87. The zero-order chi connectivity index (χ0) is 31.6. The van der Waals surface area contributed by atoms with E-state index in [-0.39, 0.29) is 81.2 Å². The van der Waals surface area contributed by atoms with E-state index in [1.54, 1.807) is 35.4 Å². The van der Waals surface area contributed by atoms with Crippen molar-refractivity contribution in [3.05, 3.63) is 47.7 Å². The number of alkyl halides is 4. The Kier molecular flexibility index (Phi) is 9.28. The van der Waals surface area contributed by atoms with Crippen molar-refractivity contribution in [3.63, 3.8) is 0 Å². The fourth-order valence-electron chi connectivity index (χ4n) is 6.10. The normalized spacial score (nSPS) is 19.9. The lowest BCUT2D eigenvalue weighted by molar-refractivity contribution is -0.134. The first-order valence-corrected chi connectivity index (χ1v) is 15.2. The van der Waals surface area contributed by atoms with E-state index in [1.165, 1.54) is 4.52 Å². The van der Waals surface area contributed by atoms with E-state index in [4.69, 9.17) is 9.72 Å². The van der Waals surface area contributed by atoms with Crippen LogP contribution in [0.15, 0.2) is 30.7 Å². The molecule has 44 heavy (non-hydrogen) atoms. The van der Waals surface area contributed by atoms with Gasteiger partial charge in [-0.15, -0.1) is 0 Å². The lowest BCUT2D eigenvalue weighted by Crippen LogP contribution is -2.40. The van der Waals surface area contributed by atoms with E-state index in [2.05, 4.69) is 20.8 Å². The van der Waals surface area contributed by atoms with Crippen LogP contribution in [-0.2, 0) is 9.53 Å². The number of hydrogen-bond donors (Lipinski definition) is 2. The first-order chi connectivity index (χ1) is 20.8. The minimum absolute atomic E-state index is 0.00105. The third-order valence-corrected chi connectivity index (χ3v) is 8.47. The van der Waals surface area contributed by atoms with Gasteiger partial charge in [-0.2, -0.15) is 10.2 Å². The topological polar surface area (TPSA) is 115 Å². The van der Waals surface area contributed by atoms with Gasteiger partial charge in [0, 0.05) is 56.5 Å². The van der Waals surface area contributed by atoms with Crippen molar-refractivity contribution in [2.24, 2.45) is 11.8 Å². The van der Waals surface area contributed by atoms with Crippen LogP contribution in [0, 0.1) is 11.8 Å². The van der Waals surface area contributed by atoms with Crippen molar-refractivity contribution in [2.45, 2.75) is 95.7 Å². The van der Waals surface area contributed by atoms with Crippen LogP contribution in [0.3, 0.4) is 0 Å². The van der Waals surface area contributed by atoms with Gasteiger partial charge in [0.05, 0.1) is 36.8 Å². The van der Waals surface area contributed by atoms with E-state index >= 15 is 0 Å². The van der Waals surface area contributed by atoms with E-state index in [0.29, 0.717) is 29.2 Å². The highest BCUT2D eigenvalue weighted by molar-refractivity contribution is 5.92. The van der Waals surface area contributed by atoms with Crippen LogP contribution < -0.4 is 10.6 Å². The molecule has 0 bridgehead atoms. The maximum Gasteiger partial charge on any atom is 0.270 e. The molecule has 2 fully saturated rings. The van der Waals surface area contributed by atoms with Gasteiger partial charge in [0.1, 0.15) is 5.69 Å². The number of fused-ring (bicyclic) bond motifs is 1. The third kappa shape index (κ3) is 7.39. The Bertz CT molecular complexity index is 1460.